The molecule has 6 nitrogen and oxygen atoms in total. The highest BCUT2D eigenvalue weighted by Crippen LogP contribution is 2.28. The molecule has 0 spiro atoms. The van der Waals surface area contributed by atoms with Gasteiger partial charge in [0.15, 0.2) is 17.6 Å². The van der Waals surface area contributed by atoms with Crippen molar-refractivity contribution in [3.8, 4) is 11.5 Å². The van der Waals surface area contributed by atoms with Gasteiger partial charge in [0, 0.05) is 12.6 Å². The van der Waals surface area contributed by atoms with Crippen LogP contribution in [0.1, 0.15) is 51.5 Å². The van der Waals surface area contributed by atoms with Gasteiger partial charge < -0.3 is 19.5 Å². The van der Waals surface area contributed by atoms with Crippen LogP contribution in [0.2, 0.25) is 0 Å². The van der Waals surface area contributed by atoms with Crippen LogP contribution in [0.4, 0.5) is 0 Å². The zero-order chi connectivity index (χ0) is 21.1. The Hall–Kier alpha value is -2.76. The first kappa shape index (κ1) is 22.5. The van der Waals surface area contributed by atoms with Crippen molar-refractivity contribution in [2.24, 2.45) is 0 Å². The van der Waals surface area contributed by atoms with Crippen LogP contribution >= 0.6 is 0 Å². The SMILES string of the molecule is CCOc1ccc(/C=C/C(=O)O[C@@H](C)C(=O)NCCC2=CCCCC2)cc1OC. The van der Waals surface area contributed by atoms with Gasteiger partial charge in [0.05, 0.1) is 13.7 Å². The smallest absolute Gasteiger partial charge is 0.331 e. The molecular weight excluding hydrogens is 370 g/mol. The van der Waals surface area contributed by atoms with Crippen molar-refractivity contribution in [1.29, 1.82) is 0 Å². The lowest BCUT2D eigenvalue weighted by Crippen LogP contribution is -2.36. The van der Waals surface area contributed by atoms with Gasteiger partial charge in [-0.15, -0.1) is 0 Å². The van der Waals surface area contributed by atoms with Gasteiger partial charge in [0.25, 0.3) is 5.91 Å². The Labute approximate surface area is 172 Å². The summed E-state index contributed by atoms with van der Waals surface area (Å²) in [6, 6.07) is 5.36. The molecule has 2 rings (SSSR count). The minimum Gasteiger partial charge on any atom is -0.493 e. The second kappa shape index (κ2) is 11.9. The zero-order valence-electron chi connectivity index (χ0n) is 17.5. The predicted molar refractivity (Wildman–Crippen MR) is 113 cm³/mol. The Kier molecular flexibility index (Phi) is 9.28. The van der Waals surface area contributed by atoms with E-state index < -0.39 is 12.1 Å². The second-order valence-electron chi connectivity index (χ2n) is 6.90. The second-order valence-corrected chi connectivity index (χ2v) is 6.90. The van der Waals surface area contributed by atoms with Crippen molar-refractivity contribution >= 4 is 18.0 Å². The van der Waals surface area contributed by atoms with Crippen LogP contribution in [-0.2, 0) is 14.3 Å². The number of rotatable bonds is 10. The largest absolute Gasteiger partial charge is 0.493 e. The maximum Gasteiger partial charge on any atom is 0.331 e. The van der Waals surface area contributed by atoms with E-state index in [4.69, 9.17) is 14.2 Å². The van der Waals surface area contributed by atoms with Gasteiger partial charge in [0.2, 0.25) is 0 Å². The van der Waals surface area contributed by atoms with Crippen LogP contribution in [0.25, 0.3) is 6.08 Å². The molecule has 1 aliphatic carbocycles. The third kappa shape index (κ3) is 7.64. The highest BCUT2D eigenvalue weighted by Gasteiger charge is 2.16. The number of carbonyl (C=O) groups excluding carboxylic acids is 2. The van der Waals surface area contributed by atoms with Crippen molar-refractivity contribution in [1.82, 2.24) is 5.32 Å². The van der Waals surface area contributed by atoms with E-state index in [9.17, 15) is 9.59 Å². The highest BCUT2D eigenvalue weighted by atomic mass is 16.5. The molecule has 29 heavy (non-hydrogen) atoms. The summed E-state index contributed by atoms with van der Waals surface area (Å²) in [6.07, 6.45) is 9.89. The van der Waals surface area contributed by atoms with Gasteiger partial charge >= 0.3 is 5.97 Å². The number of esters is 1. The molecule has 0 aromatic heterocycles. The van der Waals surface area contributed by atoms with Gasteiger partial charge in [0.1, 0.15) is 0 Å². The molecule has 6 heteroatoms. The number of hydrogen-bond acceptors (Lipinski definition) is 5. The van der Waals surface area contributed by atoms with Crippen LogP contribution in [0.5, 0.6) is 11.5 Å². The first-order chi connectivity index (χ1) is 14.0. The maximum atomic E-state index is 12.1. The zero-order valence-corrected chi connectivity index (χ0v) is 17.5. The number of carbonyl (C=O) groups is 2. The number of allylic oxidation sites excluding steroid dienone is 1. The molecule has 0 unspecified atom stereocenters. The van der Waals surface area contributed by atoms with Gasteiger partial charge in [-0.3, -0.25) is 4.79 Å². The summed E-state index contributed by atoms with van der Waals surface area (Å²) < 4.78 is 15.9. The van der Waals surface area contributed by atoms with Crippen molar-refractivity contribution in [2.45, 2.75) is 52.1 Å². The van der Waals surface area contributed by atoms with E-state index in [-0.39, 0.29) is 5.91 Å². The Morgan fingerprint density at radius 2 is 2.07 bits per heavy atom. The summed E-state index contributed by atoms with van der Waals surface area (Å²) in [4.78, 5) is 24.1. The van der Waals surface area contributed by atoms with Crippen LogP contribution in [0, 0.1) is 0 Å². The first-order valence-corrected chi connectivity index (χ1v) is 10.2. The van der Waals surface area contributed by atoms with E-state index in [1.54, 1.807) is 32.2 Å². The summed E-state index contributed by atoms with van der Waals surface area (Å²) in [5.41, 5.74) is 2.16. The van der Waals surface area contributed by atoms with Crippen LogP contribution in [0.15, 0.2) is 35.9 Å². The predicted octanol–water partition coefficient (Wildman–Crippen LogP) is 4.05. The minimum atomic E-state index is -0.845. The standard InChI is InChI=1S/C23H31NO5/c1-4-28-20-12-10-19(16-21(20)27-3)11-13-22(25)29-17(2)23(26)24-15-14-18-8-6-5-7-9-18/h8,10-13,16-17H,4-7,9,14-15H2,1-3H3,(H,24,26)/b13-11+/t17-/m0/s1. The fourth-order valence-corrected chi connectivity index (χ4v) is 3.12. The molecule has 0 bridgehead atoms. The van der Waals surface area contributed by atoms with E-state index in [2.05, 4.69) is 11.4 Å². The topological polar surface area (TPSA) is 73.9 Å². The minimum absolute atomic E-state index is 0.286. The monoisotopic (exact) mass is 401 g/mol. The van der Waals surface area contributed by atoms with E-state index in [0.717, 1.165) is 24.8 Å². The molecule has 0 fully saturated rings. The van der Waals surface area contributed by atoms with E-state index in [0.29, 0.717) is 24.7 Å². The third-order valence-corrected chi connectivity index (χ3v) is 4.69. The fourth-order valence-electron chi connectivity index (χ4n) is 3.12. The molecule has 0 saturated heterocycles. The number of nitrogens with one attached hydrogen (secondary N) is 1. The number of amides is 1. The average molecular weight is 402 g/mol. The lowest BCUT2D eigenvalue weighted by Gasteiger charge is -2.15. The Morgan fingerprint density at radius 1 is 1.24 bits per heavy atom. The summed E-state index contributed by atoms with van der Waals surface area (Å²) in [6.45, 7) is 4.57. The van der Waals surface area contributed by atoms with Gasteiger partial charge in [-0.05, 0) is 69.7 Å². The Bertz CT molecular complexity index is 754. The number of ether oxygens (including phenoxy) is 3. The highest BCUT2D eigenvalue weighted by molar-refractivity contribution is 5.90. The molecule has 0 heterocycles. The molecular formula is C23H31NO5. The van der Waals surface area contributed by atoms with E-state index in [1.807, 2.05) is 13.0 Å². The fraction of sp³-hybridized carbons (Fsp3) is 0.478. The van der Waals surface area contributed by atoms with Crippen molar-refractivity contribution < 1.29 is 23.8 Å². The Morgan fingerprint density at radius 3 is 2.76 bits per heavy atom. The molecule has 1 atom stereocenters. The molecule has 1 aromatic rings. The molecule has 0 aliphatic heterocycles. The molecule has 1 N–H and O–H groups in total. The summed E-state index contributed by atoms with van der Waals surface area (Å²) in [5, 5.41) is 2.83. The van der Waals surface area contributed by atoms with E-state index in [1.165, 1.54) is 24.5 Å². The quantitative estimate of drug-likeness (QED) is 0.364. The summed E-state index contributed by atoms with van der Waals surface area (Å²) in [7, 11) is 1.56. The maximum absolute atomic E-state index is 12.1. The van der Waals surface area contributed by atoms with Gasteiger partial charge in [-0.2, -0.15) is 0 Å². The lowest BCUT2D eigenvalue weighted by atomic mass is 9.97. The molecule has 158 valence electrons. The van der Waals surface area contributed by atoms with Crippen molar-refractivity contribution in [3.05, 3.63) is 41.5 Å². The molecule has 0 radical (unpaired) electrons. The normalized spacial score (nSPS) is 14.8. The van der Waals surface area contributed by atoms with Crippen LogP contribution in [-0.4, -0.2) is 38.2 Å². The first-order valence-electron chi connectivity index (χ1n) is 10.2. The van der Waals surface area contributed by atoms with E-state index >= 15 is 0 Å². The molecule has 1 aromatic carbocycles. The average Bonchev–Trinajstić information content (AvgIpc) is 2.73. The van der Waals surface area contributed by atoms with Gasteiger partial charge in [-0.25, -0.2) is 4.79 Å². The summed E-state index contributed by atoms with van der Waals surface area (Å²) in [5.74, 6) is 0.369. The number of benzene rings is 1. The summed E-state index contributed by atoms with van der Waals surface area (Å²) >= 11 is 0. The van der Waals surface area contributed by atoms with Crippen LogP contribution < -0.4 is 14.8 Å². The molecule has 1 aliphatic rings. The molecule has 1 amide bonds. The third-order valence-electron chi connectivity index (χ3n) is 4.69. The van der Waals surface area contributed by atoms with Crippen molar-refractivity contribution in [2.75, 3.05) is 20.3 Å². The number of hydrogen-bond donors (Lipinski definition) is 1. The number of methoxy groups -OCH3 is 1. The molecule has 0 saturated carbocycles. The Balaban J connectivity index is 1.79. The lowest BCUT2D eigenvalue weighted by molar-refractivity contribution is -0.150. The van der Waals surface area contributed by atoms with Crippen molar-refractivity contribution in [3.63, 3.8) is 0 Å². The van der Waals surface area contributed by atoms with Crippen LogP contribution in [0.3, 0.4) is 0 Å². The van der Waals surface area contributed by atoms with Gasteiger partial charge in [-0.1, -0.05) is 17.7 Å².